The third kappa shape index (κ3) is 6.58. The second kappa shape index (κ2) is 9.59. The Bertz CT molecular complexity index is 431. The lowest BCUT2D eigenvalue weighted by atomic mass is 10.0. The van der Waals surface area contributed by atoms with Crippen molar-refractivity contribution >= 4 is 5.97 Å². The van der Waals surface area contributed by atoms with E-state index in [0.29, 0.717) is 6.61 Å². The fourth-order valence-electron chi connectivity index (χ4n) is 2.30. The minimum Gasteiger partial charge on any atom is -0.458 e. The number of carbonyl (C=O) groups is 1. The molecule has 0 spiro atoms. The van der Waals surface area contributed by atoms with E-state index in [1.54, 1.807) is 6.92 Å². The van der Waals surface area contributed by atoms with Crippen molar-refractivity contribution in [3.8, 4) is 0 Å². The van der Waals surface area contributed by atoms with Crippen molar-refractivity contribution in [3.05, 3.63) is 35.9 Å². The lowest BCUT2D eigenvalue weighted by molar-refractivity contribution is -0.162. The van der Waals surface area contributed by atoms with Crippen LogP contribution >= 0.6 is 0 Å². The second-order valence-corrected chi connectivity index (χ2v) is 6.10. The summed E-state index contributed by atoms with van der Waals surface area (Å²) in [7, 11) is 0. The molecular formula is C18H29NO3. The van der Waals surface area contributed by atoms with E-state index in [1.165, 1.54) is 5.56 Å². The molecule has 0 aliphatic rings. The molecule has 0 bridgehead atoms. The number of nitrogens with two attached hydrogens (primary N) is 1. The summed E-state index contributed by atoms with van der Waals surface area (Å²) in [6.45, 7) is 8.26. The van der Waals surface area contributed by atoms with Gasteiger partial charge >= 0.3 is 5.97 Å². The van der Waals surface area contributed by atoms with Crippen LogP contribution in [-0.4, -0.2) is 30.8 Å². The Morgan fingerprint density at radius 2 is 1.77 bits per heavy atom. The molecule has 0 saturated carbocycles. The molecular weight excluding hydrogens is 278 g/mol. The van der Waals surface area contributed by atoms with E-state index in [0.717, 1.165) is 12.8 Å². The molecule has 4 heteroatoms. The van der Waals surface area contributed by atoms with Gasteiger partial charge in [0.05, 0.1) is 6.10 Å². The van der Waals surface area contributed by atoms with E-state index >= 15 is 0 Å². The number of esters is 1. The molecule has 1 aromatic carbocycles. The number of hydrogen-bond donors (Lipinski definition) is 1. The Labute approximate surface area is 134 Å². The van der Waals surface area contributed by atoms with Gasteiger partial charge in [-0.25, -0.2) is 0 Å². The number of benzene rings is 1. The highest BCUT2D eigenvalue weighted by Gasteiger charge is 2.26. The summed E-state index contributed by atoms with van der Waals surface area (Å²) in [6.07, 6.45) is 1.52. The van der Waals surface area contributed by atoms with Gasteiger partial charge in [0, 0.05) is 6.61 Å². The van der Waals surface area contributed by atoms with Crippen LogP contribution in [0.1, 0.15) is 39.7 Å². The first-order valence-electron chi connectivity index (χ1n) is 8.03. The van der Waals surface area contributed by atoms with E-state index in [4.69, 9.17) is 15.2 Å². The van der Waals surface area contributed by atoms with Crippen molar-refractivity contribution in [1.82, 2.24) is 0 Å². The summed E-state index contributed by atoms with van der Waals surface area (Å²) < 4.78 is 11.3. The van der Waals surface area contributed by atoms with E-state index in [9.17, 15) is 4.79 Å². The fraction of sp³-hybridized carbons (Fsp3) is 0.611. The van der Waals surface area contributed by atoms with E-state index in [2.05, 4.69) is 12.1 Å². The standard InChI is InChI=1S/C18H29NO3/c1-13(2)17(22-18(20)14(3)19)15(4)21-12-8-11-16-9-6-5-7-10-16/h5-7,9-10,13-15,17H,8,11-12,19H2,1-4H3/t14-,15-,17+/m0/s1. The summed E-state index contributed by atoms with van der Waals surface area (Å²) in [6, 6.07) is 9.73. The lowest BCUT2D eigenvalue weighted by Crippen LogP contribution is -2.40. The molecule has 0 fully saturated rings. The summed E-state index contributed by atoms with van der Waals surface area (Å²) in [5, 5.41) is 0. The molecule has 124 valence electrons. The Hall–Kier alpha value is -1.39. The third-order valence-electron chi connectivity index (χ3n) is 3.58. The largest absolute Gasteiger partial charge is 0.458 e. The third-order valence-corrected chi connectivity index (χ3v) is 3.58. The Morgan fingerprint density at radius 1 is 1.14 bits per heavy atom. The van der Waals surface area contributed by atoms with Crippen LogP contribution in [0.5, 0.6) is 0 Å². The zero-order valence-corrected chi connectivity index (χ0v) is 14.1. The smallest absolute Gasteiger partial charge is 0.322 e. The Kier molecular flexibility index (Phi) is 8.13. The highest BCUT2D eigenvalue weighted by atomic mass is 16.6. The van der Waals surface area contributed by atoms with Gasteiger partial charge in [0.1, 0.15) is 12.1 Å². The van der Waals surface area contributed by atoms with Crippen LogP contribution in [-0.2, 0) is 20.7 Å². The quantitative estimate of drug-likeness (QED) is 0.563. The summed E-state index contributed by atoms with van der Waals surface area (Å²) in [4.78, 5) is 11.7. The van der Waals surface area contributed by atoms with Gasteiger partial charge in [-0.2, -0.15) is 0 Å². The van der Waals surface area contributed by atoms with Crippen LogP contribution in [0.25, 0.3) is 0 Å². The maximum absolute atomic E-state index is 11.7. The zero-order chi connectivity index (χ0) is 16.5. The molecule has 0 heterocycles. The van der Waals surface area contributed by atoms with E-state index in [-0.39, 0.29) is 24.1 Å². The van der Waals surface area contributed by atoms with Gasteiger partial charge in [0.15, 0.2) is 0 Å². The van der Waals surface area contributed by atoms with Gasteiger partial charge in [-0.15, -0.1) is 0 Å². The molecule has 0 aromatic heterocycles. The van der Waals surface area contributed by atoms with Crippen molar-refractivity contribution in [3.63, 3.8) is 0 Å². The van der Waals surface area contributed by atoms with Gasteiger partial charge < -0.3 is 15.2 Å². The molecule has 1 aromatic rings. The first-order chi connectivity index (χ1) is 10.4. The van der Waals surface area contributed by atoms with Crippen molar-refractivity contribution in [2.75, 3.05) is 6.61 Å². The second-order valence-electron chi connectivity index (χ2n) is 6.10. The van der Waals surface area contributed by atoms with Crippen LogP contribution in [0.4, 0.5) is 0 Å². The van der Waals surface area contributed by atoms with Gasteiger partial charge in [0.25, 0.3) is 0 Å². The molecule has 1 rings (SSSR count). The summed E-state index contributed by atoms with van der Waals surface area (Å²) in [5.41, 5.74) is 6.86. The average Bonchev–Trinajstić information content (AvgIpc) is 2.49. The SMILES string of the molecule is CC(C)[C@@H](OC(=O)[C@H](C)N)[C@H](C)OCCCc1ccccc1. The Balaban J connectivity index is 2.37. The van der Waals surface area contributed by atoms with Gasteiger partial charge in [0.2, 0.25) is 0 Å². The Morgan fingerprint density at radius 3 is 2.32 bits per heavy atom. The van der Waals surface area contributed by atoms with Crippen LogP contribution in [0.3, 0.4) is 0 Å². The van der Waals surface area contributed by atoms with E-state index in [1.807, 2.05) is 39.0 Å². The average molecular weight is 307 g/mol. The fourth-order valence-corrected chi connectivity index (χ4v) is 2.30. The van der Waals surface area contributed by atoms with E-state index < -0.39 is 6.04 Å². The molecule has 0 amide bonds. The molecule has 4 nitrogen and oxygen atoms in total. The maximum atomic E-state index is 11.7. The van der Waals surface area contributed by atoms with Gasteiger partial charge in [-0.3, -0.25) is 4.79 Å². The first-order valence-corrected chi connectivity index (χ1v) is 8.03. The minimum atomic E-state index is -0.605. The number of rotatable bonds is 9. The minimum absolute atomic E-state index is 0.140. The zero-order valence-electron chi connectivity index (χ0n) is 14.1. The molecule has 0 radical (unpaired) electrons. The summed E-state index contributed by atoms with van der Waals surface area (Å²) in [5.74, 6) is -0.190. The lowest BCUT2D eigenvalue weighted by Gasteiger charge is -2.28. The van der Waals surface area contributed by atoms with Crippen molar-refractivity contribution in [1.29, 1.82) is 0 Å². The van der Waals surface area contributed by atoms with Crippen molar-refractivity contribution < 1.29 is 14.3 Å². The molecule has 22 heavy (non-hydrogen) atoms. The molecule has 0 aliphatic carbocycles. The monoisotopic (exact) mass is 307 g/mol. The van der Waals surface area contributed by atoms with Crippen LogP contribution < -0.4 is 5.73 Å². The number of hydrogen-bond acceptors (Lipinski definition) is 4. The number of carbonyl (C=O) groups excluding carboxylic acids is 1. The number of ether oxygens (including phenoxy) is 2. The topological polar surface area (TPSA) is 61.5 Å². The first kappa shape index (κ1) is 18.7. The maximum Gasteiger partial charge on any atom is 0.322 e. The predicted molar refractivity (Wildman–Crippen MR) is 88.5 cm³/mol. The predicted octanol–water partition coefficient (Wildman–Crippen LogP) is 2.94. The summed E-state index contributed by atoms with van der Waals surface area (Å²) >= 11 is 0. The van der Waals surface area contributed by atoms with Crippen molar-refractivity contribution in [2.24, 2.45) is 11.7 Å². The van der Waals surface area contributed by atoms with Gasteiger partial charge in [-0.1, -0.05) is 44.2 Å². The van der Waals surface area contributed by atoms with Gasteiger partial charge in [-0.05, 0) is 38.2 Å². The highest BCUT2D eigenvalue weighted by molar-refractivity contribution is 5.75. The molecule has 0 saturated heterocycles. The van der Waals surface area contributed by atoms with Crippen LogP contribution in [0.15, 0.2) is 30.3 Å². The molecule has 2 N–H and O–H groups in total. The van der Waals surface area contributed by atoms with Crippen LogP contribution in [0.2, 0.25) is 0 Å². The highest BCUT2D eigenvalue weighted by Crippen LogP contribution is 2.15. The van der Waals surface area contributed by atoms with Crippen molar-refractivity contribution in [2.45, 2.75) is 58.8 Å². The normalized spacial score (nSPS) is 15.4. The van der Waals surface area contributed by atoms with Crippen LogP contribution in [0, 0.1) is 5.92 Å². The molecule has 0 aliphatic heterocycles. The number of aryl methyl sites for hydroxylation is 1. The molecule has 0 unspecified atom stereocenters. The molecule has 3 atom stereocenters.